The summed E-state index contributed by atoms with van der Waals surface area (Å²) in [7, 11) is -4.09. The maximum atomic E-state index is 10.5. The summed E-state index contributed by atoms with van der Waals surface area (Å²) in [4.78, 5) is -1.48. The first-order chi connectivity index (χ1) is 4.31. The molecule has 3 N–H and O–H groups in total. The van der Waals surface area contributed by atoms with Crippen molar-refractivity contribution >= 4 is 10.1 Å². The molecule has 0 heterocycles. The highest BCUT2D eigenvalue weighted by Crippen LogP contribution is 2.14. The number of hydrogen-bond donors (Lipinski definition) is 2. The predicted molar refractivity (Wildman–Crippen MR) is 39.0 cm³/mol. The molecular weight excluding hydrogens is 154 g/mol. The quantitative estimate of drug-likeness (QED) is 0.594. The first-order valence-corrected chi connectivity index (χ1v) is 4.51. The lowest BCUT2D eigenvalue weighted by molar-refractivity contribution is 0.422. The maximum Gasteiger partial charge on any atom is 0.283 e. The van der Waals surface area contributed by atoms with E-state index in [-0.39, 0.29) is 6.42 Å². The molecule has 0 radical (unpaired) electrons. The second kappa shape index (κ2) is 2.86. The Morgan fingerprint density at radius 1 is 1.60 bits per heavy atom. The van der Waals surface area contributed by atoms with Gasteiger partial charge >= 0.3 is 0 Å². The summed E-state index contributed by atoms with van der Waals surface area (Å²) < 4.78 is 29.5. The van der Waals surface area contributed by atoms with Crippen molar-refractivity contribution in [2.24, 2.45) is 5.73 Å². The molecule has 4 nitrogen and oxygen atoms in total. The van der Waals surface area contributed by atoms with Crippen molar-refractivity contribution in [3.8, 4) is 0 Å². The van der Waals surface area contributed by atoms with Crippen LogP contribution < -0.4 is 5.73 Å². The minimum absolute atomic E-state index is 0.270. The van der Waals surface area contributed by atoms with Gasteiger partial charge in [-0.1, -0.05) is 13.3 Å². The molecule has 0 saturated heterocycles. The Balaban J connectivity index is 4.42. The highest BCUT2D eigenvalue weighted by molar-refractivity contribution is 7.87. The Bertz CT molecular complexity index is 195. The van der Waals surface area contributed by atoms with Crippen molar-refractivity contribution in [1.29, 1.82) is 0 Å². The SMILES string of the molecule is CCCC(C)(N)S(=O)(=O)O. The molecule has 0 aliphatic heterocycles. The maximum absolute atomic E-state index is 10.5. The van der Waals surface area contributed by atoms with E-state index in [4.69, 9.17) is 10.3 Å². The summed E-state index contributed by atoms with van der Waals surface area (Å²) in [6.07, 6.45) is 0.901. The Hall–Kier alpha value is -0.130. The van der Waals surface area contributed by atoms with Gasteiger partial charge in [0.2, 0.25) is 0 Å². The number of hydrogen-bond acceptors (Lipinski definition) is 3. The van der Waals surface area contributed by atoms with E-state index in [9.17, 15) is 8.42 Å². The fraction of sp³-hybridized carbons (Fsp3) is 1.00. The van der Waals surface area contributed by atoms with Gasteiger partial charge in [0.05, 0.1) is 0 Å². The topological polar surface area (TPSA) is 80.4 Å². The Morgan fingerprint density at radius 3 is 2.10 bits per heavy atom. The van der Waals surface area contributed by atoms with Crippen LogP contribution in [-0.2, 0) is 10.1 Å². The van der Waals surface area contributed by atoms with Crippen LogP contribution in [0.15, 0.2) is 0 Å². The first kappa shape index (κ1) is 9.87. The summed E-state index contributed by atoms with van der Waals surface area (Å²) >= 11 is 0. The molecule has 62 valence electrons. The van der Waals surface area contributed by atoms with E-state index in [2.05, 4.69) is 0 Å². The van der Waals surface area contributed by atoms with Crippen LogP contribution in [0.4, 0.5) is 0 Å². The van der Waals surface area contributed by atoms with Gasteiger partial charge in [-0.15, -0.1) is 0 Å². The van der Waals surface area contributed by atoms with Gasteiger partial charge in [0.1, 0.15) is 4.87 Å². The normalized spacial score (nSPS) is 18.4. The molecule has 10 heavy (non-hydrogen) atoms. The fourth-order valence-electron chi connectivity index (χ4n) is 0.625. The summed E-state index contributed by atoms with van der Waals surface area (Å²) in [6, 6.07) is 0. The van der Waals surface area contributed by atoms with Gasteiger partial charge < -0.3 is 5.73 Å². The van der Waals surface area contributed by atoms with Crippen LogP contribution in [0.3, 0.4) is 0 Å². The third-order valence-electron chi connectivity index (χ3n) is 1.34. The smallest absolute Gasteiger partial charge is 0.283 e. The largest absolute Gasteiger partial charge is 0.311 e. The van der Waals surface area contributed by atoms with Gasteiger partial charge in [0, 0.05) is 0 Å². The minimum Gasteiger partial charge on any atom is -0.311 e. The van der Waals surface area contributed by atoms with E-state index in [0.29, 0.717) is 6.42 Å². The third-order valence-corrected chi connectivity index (χ3v) is 2.72. The molecule has 0 aromatic heterocycles. The van der Waals surface area contributed by atoms with Crippen LogP contribution >= 0.6 is 0 Å². The van der Waals surface area contributed by atoms with Crippen molar-refractivity contribution in [2.45, 2.75) is 31.6 Å². The van der Waals surface area contributed by atoms with Crippen molar-refractivity contribution in [1.82, 2.24) is 0 Å². The van der Waals surface area contributed by atoms with Crippen molar-refractivity contribution in [3.05, 3.63) is 0 Å². The van der Waals surface area contributed by atoms with Crippen LogP contribution in [-0.4, -0.2) is 17.8 Å². The Morgan fingerprint density at radius 2 is 2.00 bits per heavy atom. The molecule has 1 atom stereocenters. The van der Waals surface area contributed by atoms with Crippen molar-refractivity contribution < 1.29 is 13.0 Å². The second-order valence-electron chi connectivity index (χ2n) is 2.54. The lowest BCUT2D eigenvalue weighted by Gasteiger charge is -2.19. The highest BCUT2D eigenvalue weighted by Gasteiger charge is 2.31. The third kappa shape index (κ3) is 2.24. The summed E-state index contributed by atoms with van der Waals surface area (Å²) in [5.41, 5.74) is 5.27. The molecule has 0 aliphatic carbocycles. The zero-order chi connectivity index (χ0) is 8.41. The van der Waals surface area contributed by atoms with Gasteiger partial charge in [-0.3, -0.25) is 4.55 Å². The molecule has 0 rings (SSSR count). The van der Waals surface area contributed by atoms with Gasteiger partial charge in [-0.25, -0.2) is 0 Å². The Labute approximate surface area is 61.2 Å². The average molecular weight is 167 g/mol. The van der Waals surface area contributed by atoms with Crippen LogP contribution in [0.5, 0.6) is 0 Å². The standard InChI is InChI=1S/C5H13NO3S/c1-3-4-5(2,6)10(7,8)9/h3-4,6H2,1-2H3,(H,7,8,9). The highest BCUT2D eigenvalue weighted by atomic mass is 32.2. The molecule has 0 spiro atoms. The van der Waals surface area contributed by atoms with Gasteiger partial charge in [-0.05, 0) is 13.3 Å². The second-order valence-corrected chi connectivity index (χ2v) is 4.42. The molecule has 0 bridgehead atoms. The minimum atomic E-state index is -4.09. The molecule has 1 unspecified atom stereocenters. The molecular formula is C5H13NO3S. The van der Waals surface area contributed by atoms with E-state index >= 15 is 0 Å². The molecule has 0 aromatic rings. The van der Waals surface area contributed by atoms with E-state index < -0.39 is 15.0 Å². The summed E-state index contributed by atoms with van der Waals surface area (Å²) in [6.45, 7) is 3.10. The zero-order valence-electron chi connectivity index (χ0n) is 6.16. The Kier molecular flexibility index (Phi) is 2.82. The molecule has 0 fully saturated rings. The fourth-order valence-corrected chi connectivity index (χ4v) is 1.09. The van der Waals surface area contributed by atoms with Gasteiger partial charge in [-0.2, -0.15) is 8.42 Å². The predicted octanol–water partition coefficient (Wildman–Crippen LogP) is 0.349. The number of rotatable bonds is 3. The lowest BCUT2D eigenvalue weighted by atomic mass is 10.2. The van der Waals surface area contributed by atoms with Crippen LogP contribution in [0, 0.1) is 0 Å². The van der Waals surface area contributed by atoms with E-state index in [1.165, 1.54) is 6.92 Å². The van der Waals surface area contributed by atoms with E-state index in [1.807, 2.05) is 0 Å². The molecule has 0 aliphatic rings. The van der Waals surface area contributed by atoms with Crippen molar-refractivity contribution in [3.63, 3.8) is 0 Å². The van der Waals surface area contributed by atoms with Gasteiger partial charge in [0.25, 0.3) is 10.1 Å². The lowest BCUT2D eigenvalue weighted by Crippen LogP contribution is -2.44. The first-order valence-electron chi connectivity index (χ1n) is 3.07. The van der Waals surface area contributed by atoms with Crippen LogP contribution in [0.2, 0.25) is 0 Å². The molecule has 0 aromatic carbocycles. The summed E-state index contributed by atoms with van der Waals surface area (Å²) in [5, 5.41) is 0. The molecule has 0 saturated carbocycles. The summed E-state index contributed by atoms with van der Waals surface area (Å²) in [5.74, 6) is 0. The average Bonchev–Trinajstić information content (AvgIpc) is 1.61. The monoisotopic (exact) mass is 167 g/mol. The van der Waals surface area contributed by atoms with Gasteiger partial charge in [0.15, 0.2) is 0 Å². The van der Waals surface area contributed by atoms with Crippen LogP contribution in [0.1, 0.15) is 26.7 Å². The zero-order valence-corrected chi connectivity index (χ0v) is 6.98. The van der Waals surface area contributed by atoms with Crippen LogP contribution in [0.25, 0.3) is 0 Å². The number of nitrogens with two attached hydrogens (primary N) is 1. The van der Waals surface area contributed by atoms with Crippen molar-refractivity contribution in [2.75, 3.05) is 0 Å². The van der Waals surface area contributed by atoms with E-state index in [0.717, 1.165) is 0 Å². The molecule has 0 amide bonds. The van der Waals surface area contributed by atoms with E-state index in [1.54, 1.807) is 6.92 Å². The molecule has 5 heteroatoms.